The summed E-state index contributed by atoms with van der Waals surface area (Å²) >= 11 is 0. The van der Waals surface area contributed by atoms with Crippen LogP contribution in [0.3, 0.4) is 0 Å². The van der Waals surface area contributed by atoms with E-state index in [1.807, 2.05) is 84.5 Å². The first-order valence-corrected chi connectivity index (χ1v) is 13.1. The van der Waals surface area contributed by atoms with Gasteiger partial charge in [-0.1, -0.05) is 24.3 Å². The predicted octanol–water partition coefficient (Wildman–Crippen LogP) is 5.87. The van der Waals surface area contributed by atoms with E-state index < -0.39 is 0 Å². The fourth-order valence-corrected chi connectivity index (χ4v) is 4.82. The van der Waals surface area contributed by atoms with Crippen molar-refractivity contribution in [2.24, 2.45) is 0 Å². The zero-order chi connectivity index (χ0) is 28.9. The number of ether oxygens (including phenoxy) is 2. The van der Waals surface area contributed by atoms with Crippen LogP contribution in [0.1, 0.15) is 27.0 Å². The number of aryl methyl sites for hydroxylation is 1. The summed E-state index contributed by atoms with van der Waals surface area (Å²) in [5, 5.41) is 11.7. The maximum atomic E-state index is 13.9. The SMILES string of the molecule is COc1cc(CNC(=O)c2cc(Cn3ccn(-c4ccccc4)c3=N)cc(-c3ccc(F)cc3C)c2)cc(OC)c1. The highest BCUT2D eigenvalue weighted by Gasteiger charge is 2.14. The Bertz CT molecular complexity index is 1740. The molecule has 4 aromatic carbocycles. The number of halogens is 1. The molecular weight excluding hydrogens is 519 g/mol. The van der Waals surface area contributed by atoms with Crippen molar-refractivity contribution < 1.29 is 18.7 Å². The number of benzene rings is 4. The second-order valence-electron chi connectivity index (χ2n) is 9.74. The molecule has 0 radical (unpaired) electrons. The van der Waals surface area contributed by atoms with Crippen molar-refractivity contribution in [1.29, 1.82) is 5.41 Å². The summed E-state index contributed by atoms with van der Waals surface area (Å²) in [4.78, 5) is 13.4. The highest BCUT2D eigenvalue weighted by Crippen LogP contribution is 2.27. The van der Waals surface area contributed by atoms with Crippen LogP contribution in [0.15, 0.2) is 97.3 Å². The summed E-state index contributed by atoms with van der Waals surface area (Å²) in [5.74, 6) is 0.698. The van der Waals surface area contributed by atoms with Crippen LogP contribution in [0.25, 0.3) is 16.8 Å². The summed E-state index contributed by atoms with van der Waals surface area (Å²) in [6, 6.07) is 25.4. The van der Waals surface area contributed by atoms with Gasteiger partial charge in [-0.05, 0) is 89.3 Å². The Balaban J connectivity index is 1.47. The molecule has 1 aromatic heterocycles. The van der Waals surface area contributed by atoms with Gasteiger partial charge in [0.1, 0.15) is 17.3 Å². The van der Waals surface area contributed by atoms with Gasteiger partial charge < -0.3 is 19.4 Å². The molecule has 0 unspecified atom stereocenters. The standard InChI is InChI=1S/C33H31FN4O3/c1-22-13-27(34)9-10-31(22)25-14-24(21-37-11-12-38(33(37)35)28-7-5-4-6-8-28)15-26(18-25)32(39)36-20-23-16-29(40-2)19-30(17-23)41-3/h4-19,35H,20-21H2,1-3H3,(H,36,39). The minimum Gasteiger partial charge on any atom is -0.497 e. The maximum Gasteiger partial charge on any atom is 0.251 e. The van der Waals surface area contributed by atoms with Crippen molar-refractivity contribution in [3.63, 3.8) is 0 Å². The van der Waals surface area contributed by atoms with Crippen molar-refractivity contribution in [1.82, 2.24) is 14.5 Å². The van der Waals surface area contributed by atoms with Crippen LogP contribution in [0, 0.1) is 18.2 Å². The lowest BCUT2D eigenvalue weighted by Gasteiger charge is -2.14. The normalized spacial score (nSPS) is 10.8. The number of carbonyl (C=O) groups is 1. The molecule has 5 rings (SSSR count). The van der Waals surface area contributed by atoms with Crippen molar-refractivity contribution in [3.05, 3.63) is 131 Å². The van der Waals surface area contributed by atoms with Crippen molar-refractivity contribution in [3.8, 4) is 28.3 Å². The number of methoxy groups -OCH3 is 2. The number of carbonyl (C=O) groups excluding carboxylic acids is 1. The number of nitrogens with one attached hydrogen (secondary N) is 2. The molecule has 8 heteroatoms. The lowest BCUT2D eigenvalue weighted by molar-refractivity contribution is 0.0950. The predicted molar refractivity (Wildman–Crippen MR) is 156 cm³/mol. The number of amides is 1. The van der Waals surface area contributed by atoms with Crippen molar-refractivity contribution in [2.75, 3.05) is 14.2 Å². The molecule has 0 spiro atoms. The first-order valence-electron chi connectivity index (χ1n) is 13.1. The molecule has 0 bridgehead atoms. The molecule has 2 N–H and O–H groups in total. The molecule has 41 heavy (non-hydrogen) atoms. The van der Waals surface area contributed by atoms with Gasteiger partial charge in [0.25, 0.3) is 5.91 Å². The van der Waals surface area contributed by atoms with E-state index in [-0.39, 0.29) is 18.3 Å². The van der Waals surface area contributed by atoms with E-state index in [1.54, 1.807) is 30.9 Å². The molecule has 0 aliphatic heterocycles. The van der Waals surface area contributed by atoms with Gasteiger partial charge in [0, 0.05) is 36.3 Å². The Hall–Kier alpha value is -5.11. The second kappa shape index (κ2) is 12.0. The average Bonchev–Trinajstić information content (AvgIpc) is 3.35. The fourth-order valence-electron chi connectivity index (χ4n) is 4.82. The third-order valence-electron chi connectivity index (χ3n) is 6.90. The van der Waals surface area contributed by atoms with Crippen molar-refractivity contribution >= 4 is 5.91 Å². The third kappa shape index (κ3) is 6.22. The van der Waals surface area contributed by atoms with Gasteiger partial charge in [0.05, 0.1) is 20.8 Å². The lowest BCUT2D eigenvalue weighted by atomic mass is 9.96. The van der Waals surface area contributed by atoms with Gasteiger partial charge in [0.15, 0.2) is 0 Å². The van der Waals surface area contributed by atoms with Crippen LogP contribution in [-0.2, 0) is 13.1 Å². The smallest absolute Gasteiger partial charge is 0.251 e. The Morgan fingerprint density at radius 3 is 2.29 bits per heavy atom. The molecule has 0 saturated heterocycles. The third-order valence-corrected chi connectivity index (χ3v) is 6.90. The molecule has 0 aliphatic rings. The lowest BCUT2D eigenvalue weighted by Crippen LogP contribution is -2.25. The number of nitrogens with zero attached hydrogens (tertiary/aromatic N) is 2. The molecule has 0 aliphatic carbocycles. The Labute approximate surface area is 237 Å². The number of imidazole rings is 1. The fraction of sp³-hybridized carbons (Fsp3) is 0.152. The molecule has 7 nitrogen and oxygen atoms in total. The van der Waals surface area contributed by atoms with Crippen LogP contribution in [-0.4, -0.2) is 29.3 Å². The molecule has 0 fully saturated rings. The number of para-hydroxylation sites is 1. The molecular formula is C33H31FN4O3. The summed E-state index contributed by atoms with van der Waals surface area (Å²) < 4.78 is 28.2. The van der Waals surface area contributed by atoms with Gasteiger partial charge >= 0.3 is 0 Å². The zero-order valence-corrected chi connectivity index (χ0v) is 23.1. The molecule has 0 atom stereocenters. The van der Waals surface area contributed by atoms with Crippen LogP contribution >= 0.6 is 0 Å². The Kier molecular flexibility index (Phi) is 8.01. The van der Waals surface area contributed by atoms with Crippen molar-refractivity contribution in [2.45, 2.75) is 20.0 Å². The summed E-state index contributed by atoms with van der Waals surface area (Å²) in [7, 11) is 3.16. The van der Waals surface area contributed by atoms with Gasteiger partial charge in [-0.15, -0.1) is 0 Å². The van der Waals surface area contributed by atoms with Crippen LogP contribution in [0.2, 0.25) is 0 Å². The van der Waals surface area contributed by atoms with E-state index in [0.717, 1.165) is 33.5 Å². The summed E-state index contributed by atoms with van der Waals surface area (Å²) in [5.41, 5.74) is 5.71. The number of aromatic nitrogens is 2. The second-order valence-corrected chi connectivity index (χ2v) is 9.74. The minimum absolute atomic E-state index is 0.257. The maximum absolute atomic E-state index is 13.9. The highest BCUT2D eigenvalue weighted by molar-refractivity contribution is 5.96. The van der Waals surface area contributed by atoms with E-state index in [4.69, 9.17) is 14.9 Å². The van der Waals surface area contributed by atoms with Gasteiger partial charge in [-0.25, -0.2) is 4.39 Å². The monoisotopic (exact) mass is 550 g/mol. The molecule has 208 valence electrons. The van der Waals surface area contributed by atoms with E-state index in [2.05, 4.69) is 5.32 Å². The zero-order valence-electron chi connectivity index (χ0n) is 23.1. The number of rotatable bonds is 9. The van der Waals surface area contributed by atoms with E-state index in [9.17, 15) is 9.18 Å². The summed E-state index contributed by atoms with van der Waals surface area (Å²) in [6.45, 7) is 2.49. The quantitative estimate of drug-likeness (QED) is 0.241. The number of hydrogen-bond acceptors (Lipinski definition) is 4. The first-order chi connectivity index (χ1) is 19.8. The van der Waals surface area contributed by atoms with Gasteiger partial charge in [-0.2, -0.15) is 0 Å². The Morgan fingerprint density at radius 1 is 0.878 bits per heavy atom. The molecule has 1 heterocycles. The van der Waals surface area contributed by atoms with E-state index in [0.29, 0.717) is 29.2 Å². The minimum atomic E-state index is -0.314. The molecule has 1 amide bonds. The van der Waals surface area contributed by atoms with Crippen LogP contribution in [0.5, 0.6) is 11.5 Å². The van der Waals surface area contributed by atoms with Gasteiger partial charge in [-0.3, -0.25) is 14.8 Å². The Morgan fingerprint density at radius 2 is 1.61 bits per heavy atom. The van der Waals surface area contributed by atoms with E-state index >= 15 is 0 Å². The van der Waals surface area contributed by atoms with Gasteiger partial charge in [0.2, 0.25) is 5.62 Å². The largest absolute Gasteiger partial charge is 0.497 e. The summed E-state index contributed by atoms with van der Waals surface area (Å²) in [6.07, 6.45) is 3.70. The first kappa shape index (κ1) is 27.5. The number of hydrogen-bond donors (Lipinski definition) is 2. The van der Waals surface area contributed by atoms with Crippen LogP contribution in [0.4, 0.5) is 4.39 Å². The van der Waals surface area contributed by atoms with Crippen LogP contribution < -0.4 is 20.4 Å². The topological polar surface area (TPSA) is 81.3 Å². The average molecular weight is 551 g/mol. The van der Waals surface area contributed by atoms with E-state index in [1.165, 1.54) is 12.1 Å². The molecule has 5 aromatic rings. The highest BCUT2D eigenvalue weighted by atomic mass is 19.1. The molecule has 0 saturated carbocycles.